The van der Waals surface area contributed by atoms with Gasteiger partial charge in [0.2, 0.25) is 0 Å². The Morgan fingerprint density at radius 3 is 2.88 bits per heavy atom. The van der Waals surface area contributed by atoms with Crippen molar-refractivity contribution in [1.82, 2.24) is 4.90 Å². The van der Waals surface area contributed by atoms with Gasteiger partial charge in [-0.2, -0.15) is 0 Å². The lowest BCUT2D eigenvalue weighted by molar-refractivity contribution is -0.0784. The van der Waals surface area contributed by atoms with Gasteiger partial charge in [-0.15, -0.1) is 0 Å². The van der Waals surface area contributed by atoms with Crippen molar-refractivity contribution in [3.05, 3.63) is 65.2 Å². The van der Waals surface area contributed by atoms with Crippen LogP contribution in [0.15, 0.2) is 48.5 Å². The van der Waals surface area contributed by atoms with Crippen LogP contribution in [0, 0.1) is 0 Å². The van der Waals surface area contributed by atoms with Crippen molar-refractivity contribution >= 4 is 0 Å². The first kappa shape index (κ1) is 15.7. The van der Waals surface area contributed by atoms with E-state index in [9.17, 15) is 0 Å². The van der Waals surface area contributed by atoms with Crippen LogP contribution in [0.25, 0.3) is 0 Å². The summed E-state index contributed by atoms with van der Waals surface area (Å²) >= 11 is 0. The van der Waals surface area contributed by atoms with E-state index < -0.39 is 0 Å². The quantitative estimate of drug-likeness (QED) is 0.850. The number of hydrogen-bond donors (Lipinski definition) is 0. The van der Waals surface area contributed by atoms with Gasteiger partial charge in [0, 0.05) is 12.6 Å². The van der Waals surface area contributed by atoms with E-state index >= 15 is 0 Å². The van der Waals surface area contributed by atoms with Gasteiger partial charge in [0.05, 0.1) is 12.7 Å². The summed E-state index contributed by atoms with van der Waals surface area (Å²) in [6, 6.07) is 17.4. The van der Waals surface area contributed by atoms with Crippen LogP contribution < -0.4 is 4.74 Å². The molecule has 4 rings (SSSR count). The summed E-state index contributed by atoms with van der Waals surface area (Å²) in [5, 5.41) is 0. The molecule has 0 amide bonds. The minimum atomic E-state index is 0.227. The van der Waals surface area contributed by atoms with E-state index in [0.717, 1.165) is 31.9 Å². The average molecular weight is 323 g/mol. The molecule has 0 saturated carbocycles. The molecule has 24 heavy (non-hydrogen) atoms. The Hall–Kier alpha value is -1.84. The number of aryl methyl sites for hydroxylation is 1. The zero-order valence-electron chi connectivity index (χ0n) is 14.3. The largest absolute Gasteiger partial charge is 0.489 e. The van der Waals surface area contributed by atoms with Crippen molar-refractivity contribution in [3.63, 3.8) is 0 Å². The molecule has 0 radical (unpaired) electrons. The van der Waals surface area contributed by atoms with Crippen molar-refractivity contribution < 1.29 is 9.47 Å². The standard InChI is InChI=1S/C21H25NO2/c1-2-22-12-13-23-21-19-10-9-18(14-17(19)8-11-20(21)22)24-15-16-6-4-3-5-7-16/h3-7,9-10,14,20-21H,2,8,11-13,15H2,1H3/t20-,21-/m0/s1. The number of fused-ring (bicyclic) bond motifs is 3. The fraction of sp³-hybridized carbons (Fsp3) is 0.429. The molecular formula is C21H25NO2. The Balaban J connectivity index is 1.50. The molecule has 0 N–H and O–H groups in total. The lowest BCUT2D eigenvalue weighted by Crippen LogP contribution is -2.48. The number of benzene rings is 2. The maximum absolute atomic E-state index is 6.13. The van der Waals surface area contributed by atoms with E-state index in [-0.39, 0.29) is 6.10 Å². The molecule has 1 fully saturated rings. The average Bonchev–Trinajstić information content (AvgIpc) is 2.66. The van der Waals surface area contributed by atoms with Gasteiger partial charge in [0.25, 0.3) is 0 Å². The molecule has 3 nitrogen and oxygen atoms in total. The Kier molecular flexibility index (Phi) is 4.54. The van der Waals surface area contributed by atoms with Gasteiger partial charge in [-0.05, 0) is 48.2 Å². The van der Waals surface area contributed by atoms with E-state index in [2.05, 4.69) is 42.2 Å². The van der Waals surface area contributed by atoms with Crippen molar-refractivity contribution in [2.45, 2.75) is 38.5 Å². The molecule has 2 aromatic carbocycles. The third-order valence-corrected chi connectivity index (χ3v) is 5.28. The van der Waals surface area contributed by atoms with Gasteiger partial charge in [0.15, 0.2) is 0 Å². The van der Waals surface area contributed by atoms with E-state index in [1.807, 2.05) is 18.2 Å². The van der Waals surface area contributed by atoms with Gasteiger partial charge in [-0.25, -0.2) is 0 Å². The predicted octanol–water partition coefficient (Wildman–Crippen LogP) is 3.97. The predicted molar refractivity (Wildman–Crippen MR) is 95.3 cm³/mol. The summed E-state index contributed by atoms with van der Waals surface area (Å²) in [5.74, 6) is 0.958. The van der Waals surface area contributed by atoms with Gasteiger partial charge in [0.1, 0.15) is 12.4 Å². The molecule has 1 heterocycles. The smallest absolute Gasteiger partial charge is 0.120 e. The maximum Gasteiger partial charge on any atom is 0.120 e. The highest BCUT2D eigenvalue weighted by atomic mass is 16.5. The summed E-state index contributed by atoms with van der Waals surface area (Å²) in [7, 11) is 0. The third-order valence-electron chi connectivity index (χ3n) is 5.28. The Labute approximate surface area is 144 Å². The molecule has 0 aromatic heterocycles. The first-order valence-electron chi connectivity index (χ1n) is 9.00. The highest BCUT2D eigenvalue weighted by molar-refractivity contribution is 5.40. The molecule has 1 saturated heterocycles. The van der Waals surface area contributed by atoms with Crippen molar-refractivity contribution in [2.24, 2.45) is 0 Å². The number of rotatable bonds is 4. The highest BCUT2D eigenvalue weighted by Crippen LogP contribution is 2.39. The molecule has 1 aliphatic heterocycles. The SMILES string of the molecule is CCN1CCO[C@H]2c3ccc(OCc4ccccc4)cc3CC[C@@H]21. The zero-order chi connectivity index (χ0) is 16.4. The molecule has 1 aliphatic carbocycles. The van der Waals surface area contributed by atoms with Crippen LogP contribution in [0.4, 0.5) is 0 Å². The normalized spacial score (nSPS) is 23.4. The molecule has 2 aliphatic rings. The molecule has 3 heteroatoms. The second-order valence-electron chi connectivity index (χ2n) is 6.66. The second kappa shape index (κ2) is 6.96. The summed E-state index contributed by atoms with van der Waals surface area (Å²) < 4.78 is 12.1. The Morgan fingerprint density at radius 2 is 2.04 bits per heavy atom. The van der Waals surface area contributed by atoms with Crippen LogP contribution in [0.5, 0.6) is 5.75 Å². The summed E-state index contributed by atoms with van der Waals surface area (Å²) in [6.07, 6.45) is 2.51. The zero-order valence-corrected chi connectivity index (χ0v) is 14.3. The molecule has 0 bridgehead atoms. The maximum atomic E-state index is 6.13. The minimum absolute atomic E-state index is 0.227. The van der Waals surface area contributed by atoms with E-state index in [0.29, 0.717) is 12.6 Å². The molecular weight excluding hydrogens is 298 g/mol. The minimum Gasteiger partial charge on any atom is -0.489 e. The highest BCUT2D eigenvalue weighted by Gasteiger charge is 2.36. The van der Waals surface area contributed by atoms with Crippen LogP contribution >= 0.6 is 0 Å². The fourth-order valence-electron chi connectivity index (χ4n) is 4.00. The fourth-order valence-corrected chi connectivity index (χ4v) is 4.00. The van der Waals surface area contributed by atoms with Crippen LogP contribution in [-0.2, 0) is 17.8 Å². The summed E-state index contributed by atoms with van der Waals surface area (Å²) in [6.45, 7) is 5.87. The van der Waals surface area contributed by atoms with Crippen LogP contribution in [0.3, 0.4) is 0 Å². The van der Waals surface area contributed by atoms with E-state index in [1.165, 1.54) is 23.1 Å². The van der Waals surface area contributed by atoms with Crippen LogP contribution in [-0.4, -0.2) is 30.6 Å². The van der Waals surface area contributed by atoms with Crippen LogP contribution in [0.2, 0.25) is 0 Å². The Morgan fingerprint density at radius 1 is 1.17 bits per heavy atom. The van der Waals surface area contributed by atoms with Gasteiger partial charge in [-0.3, -0.25) is 4.90 Å². The van der Waals surface area contributed by atoms with Gasteiger partial charge >= 0.3 is 0 Å². The monoisotopic (exact) mass is 323 g/mol. The Bertz CT molecular complexity index is 685. The lowest BCUT2D eigenvalue weighted by Gasteiger charge is -2.44. The first-order valence-corrected chi connectivity index (χ1v) is 9.00. The van der Waals surface area contributed by atoms with Crippen molar-refractivity contribution in [1.29, 1.82) is 0 Å². The topological polar surface area (TPSA) is 21.7 Å². The van der Waals surface area contributed by atoms with E-state index in [4.69, 9.17) is 9.47 Å². The molecule has 2 aromatic rings. The van der Waals surface area contributed by atoms with Crippen molar-refractivity contribution in [2.75, 3.05) is 19.7 Å². The number of nitrogens with zero attached hydrogens (tertiary/aromatic N) is 1. The van der Waals surface area contributed by atoms with Crippen LogP contribution in [0.1, 0.15) is 36.1 Å². The second-order valence-corrected chi connectivity index (χ2v) is 6.66. The van der Waals surface area contributed by atoms with Gasteiger partial charge < -0.3 is 9.47 Å². The van der Waals surface area contributed by atoms with Crippen molar-refractivity contribution in [3.8, 4) is 5.75 Å². The number of hydrogen-bond acceptors (Lipinski definition) is 3. The number of likely N-dealkylation sites (N-methyl/N-ethyl adjacent to an activating group) is 1. The first-order chi connectivity index (χ1) is 11.8. The number of morpholine rings is 1. The molecule has 0 spiro atoms. The summed E-state index contributed by atoms with van der Waals surface area (Å²) in [4.78, 5) is 2.57. The molecule has 0 unspecified atom stereocenters. The lowest BCUT2D eigenvalue weighted by atomic mass is 9.84. The summed E-state index contributed by atoms with van der Waals surface area (Å²) in [5.41, 5.74) is 3.95. The van der Waals surface area contributed by atoms with E-state index in [1.54, 1.807) is 0 Å². The molecule has 126 valence electrons. The number of ether oxygens (including phenoxy) is 2. The molecule has 2 atom stereocenters. The third kappa shape index (κ3) is 3.06. The van der Waals surface area contributed by atoms with Gasteiger partial charge in [-0.1, -0.05) is 43.3 Å².